The monoisotopic (exact) mass is 374 g/mol. The van der Waals surface area contributed by atoms with Gasteiger partial charge in [0.15, 0.2) is 18.2 Å². The number of carbonyl (C=O) groups is 3. The second kappa shape index (κ2) is 8.77. The molecule has 0 aliphatic heterocycles. The Balaban J connectivity index is 1.53. The molecule has 5 heteroatoms. The van der Waals surface area contributed by atoms with Crippen LogP contribution in [0.15, 0.2) is 78.9 Å². The summed E-state index contributed by atoms with van der Waals surface area (Å²) in [6.07, 6.45) is 0. The molecular weight excluding hydrogens is 356 g/mol. The van der Waals surface area contributed by atoms with Crippen molar-refractivity contribution in [2.75, 3.05) is 6.61 Å². The van der Waals surface area contributed by atoms with E-state index in [-0.39, 0.29) is 18.2 Å². The molecule has 0 bridgehead atoms. The third-order valence-electron chi connectivity index (χ3n) is 4.00. The van der Waals surface area contributed by atoms with Gasteiger partial charge in [-0.3, -0.25) is 9.59 Å². The minimum absolute atomic E-state index is 0.0598. The Morgan fingerprint density at radius 3 is 1.82 bits per heavy atom. The summed E-state index contributed by atoms with van der Waals surface area (Å²) in [7, 11) is 0. The van der Waals surface area contributed by atoms with Gasteiger partial charge in [-0.05, 0) is 55.5 Å². The van der Waals surface area contributed by atoms with Crippen LogP contribution < -0.4 is 9.47 Å². The molecule has 0 unspecified atom stereocenters. The number of ketones is 2. The lowest BCUT2D eigenvalue weighted by atomic mass is 10.0. The number of Topliss-reactive ketones (excluding diaryl/α,β-unsaturated/α-hetero) is 1. The number of ether oxygens (including phenoxy) is 2. The van der Waals surface area contributed by atoms with Crippen LogP contribution in [0.3, 0.4) is 0 Å². The maximum Gasteiger partial charge on any atom is 0.349 e. The van der Waals surface area contributed by atoms with Gasteiger partial charge in [-0.25, -0.2) is 4.79 Å². The van der Waals surface area contributed by atoms with E-state index < -0.39 is 5.97 Å². The quantitative estimate of drug-likeness (QED) is 0.354. The Morgan fingerprint density at radius 2 is 1.21 bits per heavy atom. The van der Waals surface area contributed by atoms with Crippen LogP contribution in [0.5, 0.6) is 11.5 Å². The maximum atomic E-state index is 12.4. The lowest BCUT2D eigenvalue weighted by Gasteiger charge is -2.08. The van der Waals surface area contributed by atoms with Crippen LogP contribution in [0.1, 0.15) is 33.2 Å². The average molecular weight is 374 g/mol. The zero-order valence-electron chi connectivity index (χ0n) is 15.3. The molecule has 0 atom stereocenters. The normalized spacial score (nSPS) is 10.2. The Bertz CT molecular complexity index is 974. The van der Waals surface area contributed by atoms with Crippen LogP contribution in [0.2, 0.25) is 0 Å². The summed E-state index contributed by atoms with van der Waals surface area (Å²) < 4.78 is 10.6. The fourth-order valence-electron chi connectivity index (χ4n) is 2.52. The molecule has 0 spiro atoms. The van der Waals surface area contributed by atoms with E-state index in [1.54, 1.807) is 60.7 Å². The van der Waals surface area contributed by atoms with Gasteiger partial charge < -0.3 is 9.47 Å². The molecule has 0 saturated carbocycles. The molecule has 3 aromatic carbocycles. The fourth-order valence-corrected chi connectivity index (χ4v) is 2.52. The molecule has 0 aromatic heterocycles. The van der Waals surface area contributed by atoms with Gasteiger partial charge in [0, 0.05) is 16.7 Å². The van der Waals surface area contributed by atoms with Gasteiger partial charge in [-0.1, -0.05) is 30.3 Å². The van der Waals surface area contributed by atoms with Crippen LogP contribution in [0.4, 0.5) is 0 Å². The Hall–Kier alpha value is -3.73. The number of hydrogen-bond donors (Lipinski definition) is 0. The van der Waals surface area contributed by atoms with E-state index >= 15 is 0 Å². The average Bonchev–Trinajstić information content (AvgIpc) is 2.73. The van der Waals surface area contributed by atoms with Crippen molar-refractivity contribution in [1.29, 1.82) is 0 Å². The molecule has 0 N–H and O–H groups in total. The molecule has 0 amide bonds. The van der Waals surface area contributed by atoms with Crippen LogP contribution in [-0.4, -0.2) is 24.1 Å². The van der Waals surface area contributed by atoms with Gasteiger partial charge in [-0.2, -0.15) is 0 Å². The molecule has 140 valence electrons. The van der Waals surface area contributed by atoms with Gasteiger partial charge in [0.1, 0.15) is 11.5 Å². The van der Waals surface area contributed by atoms with Crippen molar-refractivity contribution in [3.05, 3.63) is 95.6 Å². The largest absolute Gasteiger partial charge is 0.482 e. The lowest BCUT2D eigenvalue weighted by Crippen LogP contribution is -2.17. The van der Waals surface area contributed by atoms with E-state index in [1.165, 1.54) is 6.92 Å². The first kappa shape index (κ1) is 19.0. The molecule has 5 nitrogen and oxygen atoms in total. The van der Waals surface area contributed by atoms with E-state index in [9.17, 15) is 14.4 Å². The molecule has 0 aliphatic rings. The van der Waals surface area contributed by atoms with Crippen molar-refractivity contribution in [2.45, 2.75) is 6.92 Å². The lowest BCUT2D eigenvalue weighted by molar-refractivity contribution is -0.136. The first-order chi connectivity index (χ1) is 13.5. The summed E-state index contributed by atoms with van der Waals surface area (Å²) in [5, 5.41) is 0. The van der Waals surface area contributed by atoms with Crippen molar-refractivity contribution < 1.29 is 23.9 Å². The highest BCUT2D eigenvalue weighted by Gasteiger charge is 2.10. The zero-order valence-corrected chi connectivity index (χ0v) is 15.3. The standard InChI is InChI=1S/C23H18O5/c1-16(24)17-7-13-21(14-8-17)28-22(25)15-27-20-11-9-19(10-12-20)23(26)18-5-3-2-4-6-18/h2-14H,15H2,1H3. The first-order valence-electron chi connectivity index (χ1n) is 8.67. The van der Waals surface area contributed by atoms with Crippen LogP contribution in [0.25, 0.3) is 0 Å². The Morgan fingerprint density at radius 1 is 0.679 bits per heavy atom. The molecule has 0 fully saturated rings. The molecule has 28 heavy (non-hydrogen) atoms. The van der Waals surface area contributed by atoms with Crippen molar-refractivity contribution in [1.82, 2.24) is 0 Å². The van der Waals surface area contributed by atoms with E-state index in [0.29, 0.717) is 28.2 Å². The molecule has 0 heterocycles. The smallest absolute Gasteiger partial charge is 0.349 e. The fraction of sp³-hybridized carbons (Fsp3) is 0.0870. The summed E-state index contributed by atoms with van der Waals surface area (Å²) in [6.45, 7) is 1.19. The third kappa shape index (κ3) is 4.92. The van der Waals surface area contributed by atoms with Gasteiger partial charge in [0.2, 0.25) is 0 Å². The first-order valence-corrected chi connectivity index (χ1v) is 8.67. The molecule has 0 aliphatic carbocycles. The topological polar surface area (TPSA) is 69.7 Å². The van der Waals surface area contributed by atoms with Gasteiger partial charge in [-0.15, -0.1) is 0 Å². The Kier molecular flexibility index (Phi) is 5.97. The highest BCUT2D eigenvalue weighted by molar-refractivity contribution is 6.09. The zero-order chi connectivity index (χ0) is 19.9. The predicted octanol–water partition coefficient (Wildman–Crippen LogP) is 4.10. The maximum absolute atomic E-state index is 12.4. The second-order valence-corrected chi connectivity index (χ2v) is 6.06. The summed E-state index contributed by atoms with van der Waals surface area (Å²) in [5.41, 5.74) is 1.68. The van der Waals surface area contributed by atoms with Crippen molar-refractivity contribution in [2.24, 2.45) is 0 Å². The summed E-state index contributed by atoms with van der Waals surface area (Å²) in [5.74, 6) is 0.0758. The van der Waals surface area contributed by atoms with E-state index in [4.69, 9.17) is 9.47 Å². The van der Waals surface area contributed by atoms with Gasteiger partial charge in [0.25, 0.3) is 0 Å². The second-order valence-electron chi connectivity index (χ2n) is 6.06. The van der Waals surface area contributed by atoms with Gasteiger partial charge in [0.05, 0.1) is 0 Å². The number of rotatable bonds is 7. The van der Waals surface area contributed by atoms with Crippen molar-refractivity contribution in [3.63, 3.8) is 0 Å². The summed E-state index contributed by atoms with van der Waals surface area (Å²) >= 11 is 0. The molecule has 0 radical (unpaired) electrons. The molecular formula is C23H18O5. The number of carbonyl (C=O) groups excluding carboxylic acids is 3. The van der Waals surface area contributed by atoms with Gasteiger partial charge >= 0.3 is 5.97 Å². The van der Waals surface area contributed by atoms with Crippen LogP contribution in [0, 0.1) is 0 Å². The Labute approximate surface area is 162 Å². The van der Waals surface area contributed by atoms with Crippen LogP contribution >= 0.6 is 0 Å². The number of esters is 1. The van der Waals surface area contributed by atoms with E-state index in [0.717, 1.165) is 0 Å². The highest BCUT2D eigenvalue weighted by atomic mass is 16.6. The predicted molar refractivity (Wildman–Crippen MR) is 104 cm³/mol. The highest BCUT2D eigenvalue weighted by Crippen LogP contribution is 2.16. The summed E-state index contributed by atoms with van der Waals surface area (Å²) in [4.78, 5) is 35.5. The summed E-state index contributed by atoms with van der Waals surface area (Å²) in [6, 6.07) is 21.8. The van der Waals surface area contributed by atoms with E-state index in [2.05, 4.69) is 0 Å². The van der Waals surface area contributed by atoms with Crippen molar-refractivity contribution >= 4 is 17.5 Å². The molecule has 3 aromatic rings. The number of benzene rings is 3. The van der Waals surface area contributed by atoms with E-state index in [1.807, 2.05) is 18.2 Å². The minimum Gasteiger partial charge on any atom is -0.482 e. The molecule has 3 rings (SSSR count). The SMILES string of the molecule is CC(=O)c1ccc(OC(=O)COc2ccc(C(=O)c3ccccc3)cc2)cc1. The number of hydrogen-bond acceptors (Lipinski definition) is 5. The minimum atomic E-state index is -0.569. The van der Waals surface area contributed by atoms with Crippen LogP contribution in [-0.2, 0) is 4.79 Å². The third-order valence-corrected chi connectivity index (χ3v) is 4.00. The van der Waals surface area contributed by atoms with Crippen molar-refractivity contribution in [3.8, 4) is 11.5 Å². The molecule has 0 saturated heterocycles.